The van der Waals surface area contributed by atoms with Gasteiger partial charge in [-0.05, 0) is 26.2 Å². The van der Waals surface area contributed by atoms with E-state index >= 15 is 0 Å². The molecule has 0 aliphatic carbocycles. The fourth-order valence-corrected chi connectivity index (χ4v) is 2.66. The van der Waals surface area contributed by atoms with E-state index in [1.807, 2.05) is 13.0 Å². The van der Waals surface area contributed by atoms with E-state index in [-0.39, 0.29) is 0 Å². The van der Waals surface area contributed by atoms with Crippen LogP contribution >= 0.6 is 0 Å². The molecule has 1 aromatic rings. The lowest BCUT2D eigenvalue weighted by Crippen LogP contribution is -2.28. The van der Waals surface area contributed by atoms with Crippen molar-refractivity contribution in [3.63, 3.8) is 0 Å². The van der Waals surface area contributed by atoms with E-state index in [0.29, 0.717) is 17.2 Å². The molecule has 1 atom stereocenters. The molecule has 0 bridgehead atoms. The Bertz CT molecular complexity index is 474. The van der Waals surface area contributed by atoms with Crippen molar-refractivity contribution in [1.82, 2.24) is 0 Å². The van der Waals surface area contributed by atoms with E-state index < -0.39 is 5.60 Å². The summed E-state index contributed by atoms with van der Waals surface area (Å²) in [4.78, 5) is 2.21. The number of nitrogens with two attached hydrogens (primary N) is 1. The van der Waals surface area contributed by atoms with Gasteiger partial charge in [-0.2, -0.15) is 0 Å². The Balaban J connectivity index is 2.28. The van der Waals surface area contributed by atoms with Gasteiger partial charge in [0.05, 0.1) is 31.2 Å². The molecule has 0 spiro atoms. The van der Waals surface area contributed by atoms with Crippen LogP contribution in [0.25, 0.3) is 0 Å². The van der Waals surface area contributed by atoms with E-state index in [0.717, 1.165) is 38.0 Å². The van der Waals surface area contributed by atoms with Crippen LogP contribution in [0, 0.1) is 0 Å². The van der Waals surface area contributed by atoms with Crippen molar-refractivity contribution in [1.29, 1.82) is 0 Å². The molecule has 0 aromatic heterocycles. The largest absolute Gasteiger partial charge is 0.493 e. The number of nitrogen functional groups attached to an aromatic ring is 1. The summed E-state index contributed by atoms with van der Waals surface area (Å²) in [5, 5.41) is 10.2. The van der Waals surface area contributed by atoms with Crippen LogP contribution in [0.4, 0.5) is 11.4 Å². The third-order valence-electron chi connectivity index (χ3n) is 3.94. The number of aliphatic hydroxyl groups is 1. The summed E-state index contributed by atoms with van der Waals surface area (Å²) >= 11 is 0. The second-order valence-corrected chi connectivity index (χ2v) is 5.60. The minimum absolute atomic E-state index is 0.583. The van der Waals surface area contributed by atoms with Crippen molar-refractivity contribution in [2.24, 2.45) is 0 Å². The molecule has 5 heteroatoms. The molecule has 5 nitrogen and oxygen atoms in total. The molecule has 20 heavy (non-hydrogen) atoms. The first kappa shape index (κ1) is 14.8. The molecular weight excluding hydrogens is 256 g/mol. The van der Waals surface area contributed by atoms with E-state index in [4.69, 9.17) is 15.2 Å². The summed E-state index contributed by atoms with van der Waals surface area (Å²) in [5.41, 5.74) is 7.16. The number of nitrogens with zero attached hydrogens (tertiary/aromatic N) is 1. The molecule has 1 saturated heterocycles. The lowest BCUT2D eigenvalue weighted by atomic mass is 9.98. The summed E-state index contributed by atoms with van der Waals surface area (Å²) in [6.07, 6.45) is 2.50. The summed E-state index contributed by atoms with van der Waals surface area (Å²) < 4.78 is 10.6. The Morgan fingerprint density at radius 3 is 2.45 bits per heavy atom. The minimum Gasteiger partial charge on any atom is -0.493 e. The third-order valence-corrected chi connectivity index (χ3v) is 3.94. The molecule has 0 radical (unpaired) electrons. The van der Waals surface area contributed by atoms with Crippen LogP contribution in [0.15, 0.2) is 12.1 Å². The molecule has 112 valence electrons. The zero-order valence-electron chi connectivity index (χ0n) is 12.5. The molecule has 1 aliphatic heterocycles. The average molecular weight is 280 g/mol. The van der Waals surface area contributed by atoms with Crippen LogP contribution < -0.4 is 20.1 Å². The molecule has 1 heterocycles. The molecule has 1 fully saturated rings. The third kappa shape index (κ3) is 3.10. The first-order chi connectivity index (χ1) is 9.46. The number of ether oxygens (including phenoxy) is 2. The van der Waals surface area contributed by atoms with Gasteiger partial charge >= 0.3 is 0 Å². The van der Waals surface area contributed by atoms with Crippen LogP contribution in [0.3, 0.4) is 0 Å². The monoisotopic (exact) mass is 280 g/mol. The first-order valence-corrected chi connectivity index (χ1v) is 6.95. The number of hydrogen-bond acceptors (Lipinski definition) is 5. The van der Waals surface area contributed by atoms with E-state index in [2.05, 4.69) is 4.90 Å². The van der Waals surface area contributed by atoms with Crippen molar-refractivity contribution in [2.45, 2.75) is 31.8 Å². The highest BCUT2D eigenvalue weighted by atomic mass is 16.5. The van der Waals surface area contributed by atoms with Crippen molar-refractivity contribution in [3.8, 4) is 11.5 Å². The molecule has 3 N–H and O–H groups in total. The number of anilines is 2. The molecule has 1 aromatic carbocycles. The second-order valence-electron chi connectivity index (χ2n) is 5.60. The van der Waals surface area contributed by atoms with Crippen LogP contribution in [0.5, 0.6) is 11.5 Å². The normalized spacial score (nSPS) is 23.3. The maximum Gasteiger partial charge on any atom is 0.162 e. The number of rotatable bonds is 3. The molecule has 0 saturated carbocycles. The number of hydrogen-bond donors (Lipinski definition) is 2. The van der Waals surface area contributed by atoms with Gasteiger partial charge in [-0.1, -0.05) is 0 Å². The average Bonchev–Trinajstić information content (AvgIpc) is 2.59. The quantitative estimate of drug-likeness (QED) is 0.829. The van der Waals surface area contributed by atoms with Crippen LogP contribution in [-0.4, -0.2) is 38.0 Å². The summed E-state index contributed by atoms with van der Waals surface area (Å²) in [7, 11) is 3.21. The Morgan fingerprint density at radius 1 is 1.15 bits per heavy atom. The Kier molecular flexibility index (Phi) is 4.28. The summed E-state index contributed by atoms with van der Waals surface area (Å²) in [6.45, 7) is 3.57. The zero-order chi connectivity index (χ0) is 14.8. The van der Waals surface area contributed by atoms with E-state index in [9.17, 15) is 5.11 Å². The van der Waals surface area contributed by atoms with Crippen molar-refractivity contribution < 1.29 is 14.6 Å². The van der Waals surface area contributed by atoms with Crippen LogP contribution in [0.1, 0.15) is 26.2 Å². The van der Waals surface area contributed by atoms with Gasteiger partial charge in [-0.25, -0.2) is 0 Å². The fraction of sp³-hybridized carbons (Fsp3) is 0.600. The SMILES string of the molecule is COc1cc(N)c(N2CCCC(C)(O)CC2)cc1OC. The molecular formula is C15H24N2O3. The molecule has 1 unspecified atom stereocenters. The van der Waals surface area contributed by atoms with Gasteiger partial charge in [-0.3, -0.25) is 0 Å². The van der Waals surface area contributed by atoms with Crippen LogP contribution in [-0.2, 0) is 0 Å². The fourth-order valence-electron chi connectivity index (χ4n) is 2.66. The predicted molar refractivity (Wildman–Crippen MR) is 80.6 cm³/mol. The minimum atomic E-state index is -0.583. The lowest BCUT2D eigenvalue weighted by Gasteiger charge is -2.26. The van der Waals surface area contributed by atoms with Crippen molar-refractivity contribution in [3.05, 3.63) is 12.1 Å². The smallest absolute Gasteiger partial charge is 0.162 e. The van der Waals surface area contributed by atoms with E-state index in [1.54, 1.807) is 20.3 Å². The molecule has 2 rings (SSSR count). The van der Waals surface area contributed by atoms with Crippen molar-refractivity contribution >= 4 is 11.4 Å². The second kappa shape index (κ2) is 5.79. The van der Waals surface area contributed by atoms with Gasteiger partial charge in [0.1, 0.15) is 0 Å². The Labute approximate surface area is 120 Å². The van der Waals surface area contributed by atoms with Crippen LogP contribution in [0.2, 0.25) is 0 Å². The Hall–Kier alpha value is -1.62. The zero-order valence-corrected chi connectivity index (χ0v) is 12.5. The lowest BCUT2D eigenvalue weighted by molar-refractivity contribution is 0.0481. The molecule has 0 amide bonds. The van der Waals surface area contributed by atoms with E-state index in [1.165, 1.54) is 0 Å². The predicted octanol–water partition coefficient (Wildman–Crippen LogP) is 2.03. The van der Waals surface area contributed by atoms with Gasteiger partial charge < -0.3 is 25.2 Å². The molecule has 1 aliphatic rings. The van der Waals surface area contributed by atoms with Gasteiger partial charge in [0.25, 0.3) is 0 Å². The van der Waals surface area contributed by atoms with Gasteiger partial charge in [0.2, 0.25) is 0 Å². The highest BCUT2D eigenvalue weighted by Crippen LogP contribution is 2.38. The summed E-state index contributed by atoms with van der Waals surface area (Å²) in [6, 6.07) is 3.70. The maximum absolute atomic E-state index is 10.2. The highest BCUT2D eigenvalue weighted by Gasteiger charge is 2.26. The first-order valence-electron chi connectivity index (χ1n) is 6.95. The van der Waals surface area contributed by atoms with Crippen molar-refractivity contribution in [2.75, 3.05) is 37.9 Å². The van der Waals surface area contributed by atoms with Gasteiger partial charge in [0.15, 0.2) is 11.5 Å². The maximum atomic E-state index is 10.2. The number of methoxy groups -OCH3 is 2. The van der Waals surface area contributed by atoms with Gasteiger partial charge in [0, 0.05) is 25.2 Å². The topological polar surface area (TPSA) is 68.0 Å². The highest BCUT2D eigenvalue weighted by molar-refractivity contribution is 5.73. The number of benzene rings is 1. The summed E-state index contributed by atoms with van der Waals surface area (Å²) in [5.74, 6) is 1.31. The Morgan fingerprint density at radius 2 is 1.80 bits per heavy atom. The standard InChI is InChI=1S/C15H24N2O3/c1-15(18)5-4-7-17(8-6-15)12-10-14(20-3)13(19-2)9-11(12)16/h9-10,18H,4-8,16H2,1-3H3. The van der Waals surface area contributed by atoms with Gasteiger partial charge in [-0.15, -0.1) is 0 Å².